The summed E-state index contributed by atoms with van der Waals surface area (Å²) < 4.78 is 15.0. The van der Waals surface area contributed by atoms with Crippen molar-refractivity contribution in [3.05, 3.63) is 90.4 Å². The van der Waals surface area contributed by atoms with Crippen molar-refractivity contribution in [2.24, 2.45) is 0 Å². The van der Waals surface area contributed by atoms with Crippen molar-refractivity contribution in [2.75, 3.05) is 5.32 Å². The molecule has 0 aromatic heterocycles. The van der Waals surface area contributed by atoms with Gasteiger partial charge in [-0.3, -0.25) is 9.79 Å². The fourth-order valence-electron chi connectivity index (χ4n) is 1.79. The molecule has 0 fully saturated rings. The molecule has 2 aromatic carbocycles. The fraction of sp³-hybridized carbons (Fsp3) is 0. The molecular weight excluding hydrogens is 385 g/mol. The topological polar surface area (TPSA) is 102 Å². The van der Waals surface area contributed by atoms with Crippen LogP contribution in [-0.2, 0) is 21.6 Å². The second kappa shape index (κ2) is 9.99. The molecule has 0 bridgehead atoms. The molecule has 0 atom stereocenters. The number of allylic oxidation sites excluding steroid dienone is 5. The van der Waals surface area contributed by atoms with Gasteiger partial charge in [0.2, 0.25) is 0 Å². The third kappa shape index (κ3) is 7.98. The number of hydrogen-bond donors (Lipinski definition) is 3. The number of phosphoric ester groups is 1. The maximum absolute atomic E-state index is 11.7. The first-order chi connectivity index (χ1) is 11.4. The molecular formula is C17H16FeNO5P. The molecule has 132 valence electrons. The van der Waals surface area contributed by atoms with Crippen molar-refractivity contribution in [3.8, 4) is 5.75 Å². The molecule has 0 aliphatic heterocycles. The normalized spacial score (nSPS) is 12.0. The summed E-state index contributed by atoms with van der Waals surface area (Å²) in [6.07, 6.45) is 6.87. The van der Waals surface area contributed by atoms with Gasteiger partial charge >= 0.3 is 24.9 Å². The van der Waals surface area contributed by atoms with Crippen LogP contribution < -0.4 is 14.9 Å². The van der Waals surface area contributed by atoms with E-state index >= 15 is 0 Å². The molecule has 25 heavy (non-hydrogen) atoms. The van der Waals surface area contributed by atoms with Crippen molar-refractivity contribution in [3.63, 3.8) is 0 Å². The third-order valence-electron chi connectivity index (χ3n) is 2.82. The van der Waals surface area contributed by atoms with Crippen molar-refractivity contribution in [2.45, 2.75) is 0 Å². The first-order valence-electron chi connectivity index (χ1n) is 6.99. The summed E-state index contributed by atoms with van der Waals surface area (Å²) in [5, 5.41) is 14.4. The Balaban J connectivity index is 0.000000448. The Morgan fingerprint density at radius 3 is 2.08 bits per heavy atom. The summed E-state index contributed by atoms with van der Waals surface area (Å²) in [6, 6.07) is 15.7. The molecule has 1 aliphatic carbocycles. The summed E-state index contributed by atoms with van der Waals surface area (Å²) in [4.78, 5) is 17.3. The van der Waals surface area contributed by atoms with Crippen LogP contribution >= 0.6 is 7.82 Å². The van der Waals surface area contributed by atoms with Crippen LogP contribution in [-0.4, -0.2) is 9.79 Å². The van der Waals surface area contributed by atoms with E-state index in [1.54, 1.807) is 24.3 Å². The molecule has 0 saturated carbocycles. The van der Waals surface area contributed by atoms with E-state index < -0.39 is 7.82 Å². The average Bonchev–Trinajstić information content (AvgIpc) is 3.24. The van der Waals surface area contributed by atoms with Gasteiger partial charge in [-0.05, 0) is 35.7 Å². The zero-order valence-corrected chi connectivity index (χ0v) is 14.9. The summed E-state index contributed by atoms with van der Waals surface area (Å²) >= 11 is 0. The van der Waals surface area contributed by atoms with Crippen molar-refractivity contribution < 1.29 is 41.1 Å². The Morgan fingerprint density at radius 2 is 1.64 bits per heavy atom. The molecule has 6 nitrogen and oxygen atoms in total. The van der Waals surface area contributed by atoms with Crippen molar-refractivity contribution in [1.29, 1.82) is 0 Å². The second-order valence-electron chi connectivity index (χ2n) is 4.70. The van der Waals surface area contributed by atoms with Gasteiger partial charge in [-0.2, -0.15) is 18.2 Å². The molecule has 0 radical (unpaired) electrons. The summed E-state index contributed by atoms with van der Waals surface area (Å²) in [5.74, 6) is -0.228. The predicted molar refractivity (Wildman–Crippen MR) is 90.1 cm³/mol. The molecule has 1 aliphatic rings. The van der Waals surface area contributed by atoms with E-state index in [4.69, 9.17) is 9.79 Å². The number of anilines is 1. The summed E-state index contributed by atoms with van der Waals surface area (Å²) in [7, 11) is -4.56. The number of hydrogen-bond acceptors (Lipinski definition) is 4. The fourth-order valence-corrected chi connectivity index (χ4v) is 2.18. The van der Waals surface area contributed by atoms with Crippen LogP contribution in [0, 0.1) is 0 Å². The van der Waals surface area contributed by atoms with E-state index in [-0.39, 0.29) is 28.7 Å². The van der Waals surface area contributed by atoms with Crippen LogP contribution in [0.1, 0.15) is 0 Å². The zero-order chi connectivity index (χ0) is 17.4. The molecule has 3 rings (SSSR count). The molecule has 0 heterocycles. The summed E-state index contributed by atoms with van der Waals surface area (Å²) in [6.45, 7) is 0. The van der Waals surface area contributed by atoms with Crippen LogP contribution in [0.2, 0.25) is 0 Å². The molecule has 2 aromatic rings. The molecule has 0 spiro atoms. The Bertz CT molecular complexity index is 745. The van der Waals surface area contributed by atoms with E-state index in [2.05, 4.69) is 9.84 Å². The van der Waals surface area contributed by atoms with Crippen LogP contribution in [0.3, 0.4) is 0 Å². The maximum Gasteiger partial charge on any atom is 2.00 e. The van der Waals surface area contributed by atoms with Crippen LogP contribution in [0.15, 0.2) is 90.4 Å². The predicted octanol–water partition coefficient (Wildman–Crippen LogP) is 2.67. The standard InChI is InChI=1S/C12H12NO5P.C5H5.Fe/c14-12(9-3-1-2-4-9)13-10-5-7-11(8-6-10)18-19(15,16)17;1-2-4-5-3-1;/h1-8,13-14H,(H2,15,16,17);1-5H;/q;-1;+2/p-1. The molecule has 0 unspecified atom stereocenters. The first-order valence-corrected chi connectivity index (χ1v) is 8.52. The SMILES string of the molecule is O=P(O)(O)Oc1ccc(NC([O-])=C2C=CC=C2)cc1.[Fe+2].c1cc[cH-]c1. The smallest absolute Gasteiger partial charge is 0.860 e. The first kappa shape index (κ1) is 20.9. The van der Waals surface area contributed by atoms with Gasteiger partial charge in [0, 0.05) is 5.69 Å². The molecule has 8 heteroatoms. The van der Waals surface area contributed by atoms with Gasteiger partial charge in [0.15, 0.2) is 0 Å². The monoisotopic (exact) mass is 401 g/mol. The van der Waals surface area contributed by atoms with Gasteiger partial charge in [-0.15, -0.1) is 0 Å². The van der Waals surface area contributed by atoms with Crippen LogP contribution in [0.25, 0.3) is 0 Å². The Kier molecular flexibility index (Phi) is 8.35. The van der Waals surface area contributed by atoms with Gasteiger partial charge < -0.3 is 14.9 Å². The Morgan fingerprint density at radius 1 is 1.08 bits per heavy atom. The van der Waals surface area contributed by atoms with Crippen molar-refractivity contribution >= 4 is 13.5 Å². The minimum Gasteiger partial charge on any atom is -0.860 e. The molecule has 0 saturated heterocycles. The molecule has 3 N–H and O–H groups in total. The Labute approximate surface area is 156 Å². The van der Waals surface area contributed by atoms with Gasteiger partial charge in [-0.25, -0.2) is 16.7 Å². The van der Waals surface area contributed by atoms with E-state index in [0.717, 1.165) is 0 Å². The van der Waals surface area contributed by atoms with E-state index in [0.29, 0.717) is 11.3 Å². The van der Waals surface area contributed by atoms with E-state index in [1.165, 1.54) is 24.3 Å². The van der Waals surface area contributed by atoms with Crippen molar-refractivity contribution in [1.82, 2.24) is 0 Å². The van der Waals surface area contributed by atoms with Gasteiger partial charge in [0.05, 0.1) is 0 Å². The number of nitrogens with one attached hydrogen (secondary N) is 1. The number of benzene rings is 1. The van der Waals surface area contributed by atoms with E-state index in [9.17, 15) is 9.67 Å². The van der Waals surface area contributed by atoms with Crippen LogP contribution in [0.5, 0.6) is 5.75 Å². The summed E-state index contributed by atoms with van der Waals surface area (Å²) in [5.41, 5.74) is 1.04. The zero-order valence-electron chi connectivity index (χ0n) is 12.9. The van der Waals surface area contributed by atoms with Gasteiger partial charge in [0.1, 0.15) is 5.75 Å². The minimum absolute atomic E-state index is 0. The number of rotatable bonds is 4. The Hall–Kier alpha value is -2.14. The average molecular weight is 401 g/mol. The maximum atomic E-state index is 11.7. The number of phosphoric acid groups is 1. The van der Waals surface area contributed by atoms with Gasteiger partial charge in [-0.1, -0.05) is 24.3 Å². The minimum atomic E-state index is -4.56. The quantitative estimate of drug-likeness (QED) is 0.315. The largest absolute Gasteiger partial charge is 2.00 e. The molecule has 0 amide bonds. The van der Waals surface area contributed by atoms with E-state index in [1.807, 2.05) is 30.3 Å². The van der Waals surface area contributed by atoms with Gasteiger partial charge in [0.25, 0.3) is 0 Å². The van der Waals surface area contributed by atoms with Crippen LogP contribution in [0.4, 0.5) is 5.69 Å². The second-order valence-corrected chi connectivity index (χ2v) is 5.86. The third-order valence-corrected chi connectivity index (χ3v) is 3.27.